The van der Waals surface area contributed by atoms with Gasteiger partial charge >= 0.3 is 0 Å². The van der Waals surface area contributed by atoms with Crippen LogP contribution in [0.4, 0.5) is 17.1 Å². The highest BCUT2D eigenvalue weighted by molar-refractivity contribution is 7.19. The third kappa shape index (κ3) is 6.87. The molecule has 11 aromatic carbocycles. The zero-order chi connectivity index (χ0) is 44.6. The number of fused-ring (bicyclic) bond motifs is 4. The second kappa shape index (κ2) is 17.1. The molecule has 0 N–H and O–H groups in total. The van der Waals surface area contributed by atoms with Crippen molar-refractivity contribution in [1.82, 2.24) is 4.57 Å². The quantitative estimate of drug-likeness (QED) is 0.0982. The lowest BCUT2D eigenvalue weighted by Gasteiger charge is -2.34. The first-order valence-corrected chi connectivity index (χ1v) is 25.1. The normalized spacial score (nSPS) is 11.6. The number of aromatic nitrogens is 1. The van der Waals surface area contributed by atoms with Crippen LogP contribution in [0, 0.1) is 0 Å². The fraction of sp³-hybridized carbons (Fsp3) is 0. The van der Waals surface area contributed by atoms with Gasteiger partial charge in [-0.25, -0.2) is 0 Å². The third-order valence-corrected chi connectivity index (χ3v) is 18.4. The lowest BCUT2D eigenvalue weighted by atomic mass is 9.96. The molecular formula is C64H46N2Si. The molecule has 3 heteroatoms. The molecule has 0 saturated heterocycles. The Kier molecular flexibility index (Phi) is 10.2. The molecule has 0 aliphatic rings. The number of hydrogen-bond acceptors (Lipinski definition) is 1. The molecule has 316 valence electrons. The summed E-state index contributed by atoms with van der Waals surface area (Å²) in [4.78, 5) is 2.48. The Balaban J connectivity index is 1.02. The van der Waals surface area contributed by atoms with Crippen LogP contribution in [0.1, 0.15) is 0 Å². The lowest BCUT2D eigenvalue weighted by molar-refractivity contribution is 1.18. The van der Waals surface area contributed by atoms with Crippen LogP contribution in [0.5, 0.6) is 0 Å². The molecule has 12 aromatic rings. The third-order valence-electron chi connectivity index (χ3n) is 13.6. The van der Waals surface area contributed by atoms with E-state index in [9.17, 15) is 0 Å². The number of hydrogen-bond donors (Lipinski definition) is 0. The van der Waals surface area contributed by atoms with Gasteiger partial charge in [-0.15, -0.1) is 0 Å². The van der Waals surface area contributed by atoms with E-state index < -0.39 is 8.07 Å². The van der Waals surface area contributed by atoms with Crippen LogP contribution in [0.3, 0.4) is 0 Å². The zero-order valence-corrected chi connectivity index (χ0v) is 38.0. The zero-order valence-electron chi connectivity index (χ0n) is 37.0. The molecule has 2 nitrogen and oxygen atoms in total. The van der Waals surface area contributed by atoms with Gasteiger partial charge in [-0.05, 0) is 96.9 Å². The molecule has 0 spiro atoms. The molecule has 0 amide bonds. The van der Waals surface area contributed by atoms with E-state index in [2.05, 4.69) is 289 Å². The van der Waals surface area contributed by atoms with Crippen molar-refractivity contribution in [2.75, 3.05) is 4.90 Å². The maximum Gasteiger partial charge on any atom is 0.179 e. The van der Waals surface area contributed by atoms with Gasteiger partial charge in [-0.1, -0.05) is 231 Å². The average molecular weight is 871 g/mol. The van der Waals surface area contributed by atoms with Crippen molar-refractivity contribution in [1.29, 1.82) is 0 Å². The van der Waals surface area contributed by atoms with Crippen LogP contribution < -0.4 is 25.6 Å². The summed E-state index contributed by atoms with van der Waals surface area (Å²) in [6.45, 7) is 0. The summed E-state index contributed by atoms with van der Waals surface area (Å²) < 4.78 is 2.40. The van der Waals surface area contributed by atoms with E-state index in [0.29, 0.717) is 0 Å². The molecule has 0 aliphatic heterocycles. The van der Waals surface area contributed by atoms with Crippen LogP contribution in [0.2, 0.25) is 0 Å². The summed E-state index contributed by atoms with van der Waals surface area (Å²) >= 11 is 0. The van der Waals surface area contributed by atoms with Gasteiger partial charge in [0.2, 0.25) is 0 Å². The summed E-state index contributed by atoms with van der Waals surface area (Å²) in [5, 5.41) is 10.3. The summed E-state index contributed by atoms with van der Waals surface area (Å²) in [5.41, 5.74) is 11.6. The fourth-order valence-corrected chi connectivity index (χ4v) is 15.3. The number of nitrogens with zero attached hydrogens (tertiary/aromatic N) is 2. The highest BCUT2D eigenvalue weighted by Crippen LogP contribution is 2.47. The SMILES string of the molecule is c1ccc(-c2ccc(N(c3ccc(-c4ccc([Si](c5ccccc5)(c5ccccc5)c5ccccc5)cc4)cc3)c3cccc4c3c3ccccc3n4-c3ccccc3)c3ccccc23)cc1. The van der Waals surface area contributed by atoms with Gasteiger partial charge in [0, 0.05) is 27.5 Å². The predicted molar refractivity (Wildman–Crippen MR) is 287 cm³/mol. The van der Waals surface area contributed by atoms with Crippen molar-refractivity contribution >= 4 is 78.5 Å². The van der Waals surface area contributed by atoms with Gasteiger partial charge in [-0.2, -0.15) is 0 Å². The Morgan fingerprint density at radius 1 is 0.284 bits per heavy atom. The second-order valence-corrected chi connectivity index (χ2v) is 21.0. The number of anilines is 3. The van der Waals surface area contributed by atoms with E-state index in [1.807, 2.05) is 0 Å². The fourth-order valence-electron chi connectivity index (χ4n) is 10.6. The Labute approximate surface area is 392 Å². The Morgan fingerprint density at radius 2 is 0.746 bits per heavy atom. The van der Waals surface area contributed by atoms with Gasteiger partial charge in [-0.3, -0.25) is 0 Å². The summed E-state index contributed by atoms with van der Waals surface area (Å²) in [7, 11) is -2.64. The Morgan fingerprint density at radius 3 is 1.34 bits per heavy atom. The van der Waals surface area contributed by atoms with Crippen LogP contribution in [0.15, 0.2) is 279 Å². The van der Waals surface area contributed by atoms with Crippen LogP contribution in [-0.2, 0) is 0 Å². The summed E-state index contributed by atoms with van der Waals surface area (Å²) in [5.74, 6) is 0. The van der Waals surface area contributed by atoms with Crippen molar-refractivity contribution < 1.29 is 0 Å². The van der Waals surface area contributed by atoms with Crippen molar-refractivity contribution in [3.05, 3.63) is 279 Å². The average Bonchev–Trinajstić information content (AvgIpc) is 3.76. The van der Waals surface area contributed by atoms with Crippen molar-refractivity contribution in [3.8, 4) is 27.9 Å². The maximum atomic E-state index is 2.48. The molecule has 0 radical (unpaired) electrons. The van der Waals surface area contributed by atoms with Crippen LogP contribution >= 0.6 is 0 Å². The van der Waals surface area contributed by atoms with E-state index in [1.165, 1.54) is 70.1 Å². The molecule has 0 saturated carbocycles. The maximum absolute atomic E-state index is 2.64. The van der Waals surface area contributed by atoms with Crippen molar-refractivity contribution in [2.45, 2.75) is 0 Å². The highest BCUT2D eigenvalue weighted by Gasteiger charge is 2.41. The van der Waals surface area contributed by atoms with E-state index in [4.69, 9.17) is 0 Å². The van der Waals surface area contributed by atoms with Gasteiger partial charge in [0.1, 0.15) is 0 Å². The smallest absolute Gasteiger partial charge is 0.179 e. The molecule has 12 rings (SSSR count). The minimum absolute atomic E-state index is 1.09. The lowest BCUT2D eigenvalue weighted by Crippen LogP contribution is -2.74. The van der Waals surface area contributed by atoms with E-state index in [0.717, 1.165) is 28.3 Å². The summed E-state index contributed by atoms with van der Waals surface area (Å²) in [6.07, 6.45) is 0. The van der Waals surface area contributed by atoms with Crippen molar-refractivity contribution in [3.63, 3.8) is 0 Å². The molecular weight excluding hydrogens is 825 g/mol. The Hall–Kier alpha value is -8.50. The van der Waals surface area contributed by atoms with Crippen LogP contribution in [0.25, 0.3) is 60.5 Å². The van der Waals surface area contributed by atoms with E-state index in [-0.39, 0.29) is 0 Å². The molecule has 67 heavy (non-hydrogen) atoms. The highest BCUT2D eigenvalue weighted by atomic mass is 28.3. The number of benzene rings is 11. The first-order valence-electron chi connectivity index (χ1n) is 23.1. The van der Waals surface area contributed by atoms with Gasteiger partial charge in [0.05, 0.1) is 22.4 Å². The Bertz CT molecular complexity index is 3550. The molecule has 1 heterocycles. The molecule has 1 aromatic heterocycles. The second-order valence-electron chi connectivity index (χ2n) is 17.2. The van der Waals surface area contributed by atoms with Gasteiger partial charge in [0.25, 0.3) is 0 Å². The number of para-hydroxylation sites is 2. The van der Waals surface area contributed by atoms with E-state index in [1.54, 1.807) is 0 Å². The largest absolute Gasteiger partial charge is 0.309 e. The van der Waals surface area contributed by atoms with Crippen molar-refractivity contribution in [2.24, 2.45) is 0 Å². The topological polar surface area (TPSA) is 8.17 Å². The first kappa shape index (κ1) is 40.0. The molecule has 0 unspecified atom stereocenters. The molecule has 0 fully saturated rings. The molecule has 0 aliphatic carbocycles. The summed E-state index contributed by atoms with van der Waals surface area (Å²) in [6, 6.07) is 103. The number of rotatable bonds is 10. The minimum atomic E-state index is -2.64. The van der Waals surface area contributed by atoms with E-state index >= 15 is 0 Å². The first-order chi connectivity index (χ1) is 33.3. The van der Waals surface area contributed by atoms with Gasteiger partial charge < -0.3 is 9.47 Å². The molecule has 0 bridgehead atoms. The monoisotopic (exact) mass is 870 g/mol. The standard InChI is InChI=1S/C64H46N2Si/c1-6-21-49(22-7-1)56-45-46-61(58-32-17-16-31-57(56)58)66(63-36-20-35-62-64(63)59-33-18-19-34-60(59)65(62)50-23-8-2-9-24-50)51-41-37-47(38-42-51)48-39-43-55(44-40-48)67(52-25-10-3-11-26-52,53-27-12-4-13-28-53)54-29-14-5-15-30-54/h1-46H. The predicted octanol–water partition coefficient (Wildman–Crippen LogP) is 14.1. The molecule has 0 atom stereocenters. The van der Waals surface area contributed by atoms with Gasteiger partial charge in [0.15, 0.2) is 8.07 Å². The van der Waals surface area contributed by atoms with Crippen LogP contribution in [-0.4, -0.2) is 12.6 Å². The minimum Gasteiger partial charge on any atom is -0.309 e.